The first-order valence-corrected chi connectivity index (χ1v) is 10.2. The summed E-state index contributed by atoms with van der Waals surface area (Å²) in [5, 5.41) is 3.10. The molecule has 0 bridgehead atoms. The number of piperidine rings is 2. The van der Waals surface area contributed by atoms with Gasteiger partial charge < -0.3 is 14.6 Å². The van der Waals surface area contributed by atoms with Crippen molar-refractivity contribution in [1.82, 2.24) is 20.1 Å². The van der Waals surface area contributed by atoms with Crippen LogP contribution in [0.5, 0.6) is 0 Å². The van der Waals surface area contributed by atoms with Gasteiger partial charge in [0.15, 0.2) is 11.5 Å². The number of likely N-dealkylation sites (tertiary alicyclic amines) is 2. The van der Waals surface area contributed by atoms with E-state index in [1.54, 1.807) is 0 Å². The fourth-order valence-electron chi connectivity index (χ4n) is 4.38. The zero-order chi connectivity index (χ0) is 18.6. The quantitative estimate of drug-likeness (QED) is 0.875. The second kappa shape index (κ2) is 8.40. The van der Waals surface area contributed by atoms with E-state index < -0.39 is 0 Å². The lowest BCUT2D eigenvalue weighted by atomic mass is 9.93. The molecular formula is C21H30N4O2. The van der Waals surface area contributed by atoms with Gasteiger partial charge in [0.25, 0.3) is 0 Å². The summed E-state index contributed by atoms with van der Waals surface area (Å²) >= 11 is 0. The summed E-state index contributed by atoms with van der Waals surface area (Å²) in [7, 11) is 2.19. The minimum atomic E-state index is 0.113. The predicted octanol–water partition coefficient (Wildman–Crippen LogP) is 2.29. The Morgan fingerprint density at radius 3 is 2.85 bits per heavy atom. The Morgan fingerprint density at radius 2 is 2.04 bits per heavy atom. The van der Waals surface area contributed by atoms with E-state index in [9.17, 15) is 4.79 Å². The van der Waals surface area contributed by atoms with E-state index in [2.05, 4.69) is 27.1 Å². The number of benzene rings is 1. The van der Waals surface area contributed by atoms with Crippen molar-refractivity contribution in [2.75, 3.05) is 39.8 Å². The van der Waals surface area contributed by atoms with Gasteiger partial charge in [-0.15, -0.1) is 0 Å². The third kappa shape index (κ3) is 4.50. The lowest BCUT2D eigenvalue weighted by molar-refractivity contribution is -0.127. The molecule has 1 N–H and O–H groups in total. The van der Waals surface area contributed by atoms with Crippen LogP contribution >= 0.6 is 0 Å². The molecule has 3 heterocycles. The fourth-order valence-corrected chi connectivity index (χ4v) is 4.38. The number of aromatic nitrogens is 1. The number of nitrogens with zero attached hydrogens (tertiary/aromatic N) is 3. The topological polar surface area (TPSA) is 61.6 Å². The fraction of sp³-hybridized carbons (Fsp3) is 0.619. The highest BCUT2D eigenvalue weighted by Gasteiger charge is 2.31. The molecule has 2 aromatic rings. The lowest BCUT2D eigenvalue weighted by Crippen LogP contribution is -2.50. The first-order chi connectivity index (χ1) is 13.2. The molecule has 1 unspecified atom stereocenters. The Morgan fingerprint density at radius 1 is 1.22 bits per heavy atom. The van der Waals surface area contributed by atoms with Gasteiger partial charge >= 0.3 is 0 Å². The number of hydrogen-bond donors (Lipinski definition) is 1. The van der Waals surface area contributed by atoms with Crippen molar-refractivity contribution < 1.29 is 9.21 Å². The van der Waals surface area contributed by atoms with Gasteiger partial charge in [0.05, 0.1) is 5.92 Å². The molecule has 1 aromatic carbocycles. The molecule has 0 spiro atoms. The number of fused-ring (bicyclic) bond motifs is 1. The molecule has 0 aliphatic carbocycles. The molecule has 2 fully saturated rings. The van der Waals surface area contributed by atoms with Crippen LogP contribution in [0, 0.1) is 5.92 Å². The molecular weight excluding hydrogens is 340 g/mol. The highest BCUT2D eigenvalue weighted by Crippen LogP contribution is 2.23. The minimum absolute atomic E-state index is 0.113. The molecule has 27 heavy (non-hydrogen) atoms. The molecule has 2 aliphatic heterocycles. The summed E-state index contributed by atoms with van der Waals surface area (Å²) in [4.78, 5) is 22.1. The van der Waals surface area contributed by atoms with Gasteiger partial charge in [0.2, 0.25) is 5.91 Å². The van der Waals surface area contributed by atoms with E-state index in [0.717, 1.165) is 37.0 Å². The van der Waals surface area contributed by atoms with Gasteiger partial charge in [0.1, 0.15) is 5.52 Å². The van der Waals surface area contributed by atoms with Crippen molar-refractivity contribution >= 4 is 17.0 Å². The Bertz CT molecular complexity index is 733. The molecule has 1 aromatic heterocycles. The van der Waals surface area contributed by atoms with Crippen molar-refractivity contribution in [2.45, 2.75) is 38.1 Å². The Hall–Kier alpha value is -1.92. The van der Waals surface area contributed by atoms with E-state index in [4.69, 9.17) is 4.42 Å². The minimum Gasteiger partial charge on any atom is -0.441 e. The summed E-state index contributed by atoms with van der Waals surface area (Å²) in [6, 6.07) is 8.41. The van der Waals surface area contributed by atoms with Crippen LogP contribution in [0.4, 0.5) is 0 Å². The molecule has 0 radical (unpaired) electrons. The van der Waals surface area contributed by atoms with Crippen LogP contribution in [-0.2, 0) is 11.2 Å². The van der Waals surface area contributed by atoms with Crippen LogP contribution in [0.15, 0.2) is 28.7 Å². The van der Waals surface area contributed by atoms with Crippen LogP contribution in [-0.4, -0.2) is 66.5 Å². The molecule has 2 saturated heterocycles. The van der Waals surface area contributed by atoms with Crippen molar-refractivity contribution in [1.29, 1.82) is 0 Å². The van der Waals surface area contributed by atoms with Crippen LogP contribution in [0.2, 0.25) is 0 Å². The Kier molecular flexibility index (Phi) is 5.74. The van der Waals surface area contributed by atoms with E-state index in [1.165, 1.54) is 25.9 Å². The summed E-state index contributed by atoms with van der Waals surface area (Å²) in [6.45, 7) is 4.96. The molecule has 4 rings (SSSR count). The van der Waals surface area contributed by atoms with E-state index in [0.29, 0.717) is 24.9 Å². The number of hydrogen-bond acceptors (Lipinski definition) is 5. The van der Waals surface area contributed by atoms with Crippen LogP contribution in [0.25, 0.3) is 11.1 Å². The van der Waals surface area contributed by atoms with Gasteiger partial charge in [-0.25, -0.2) is 4.98 Å². The number of amides is 1. The normalized spacial score (nSPS) is 22.9. The van der Waals surface area contributed by atoms with E-state index >= 15 is 0 Å². The third-order valence-electron chi connectivity index (χ3n) is 6.00. The van der Waals surface area contributed by atoms with Gasteiger partial charge in [-0.3, -0.25) is 9.69 Å². The first kappa shape index (κ1) is 18.4. The summed E-state index contributed by atoms with van der Waals surface area (Å²) in [6.07, 6.45) is 5.20. The number of nitrogens with one attached hydrogen (secondary N) is 1. The number of carbonyl (C=O) groups is 1. The first-order valence-electron chi connectivity index (χ1n) is 10.2. The molecule has 6 nitrogen and oxygen atoms in total. The second-order valence-electron chi connectivity index (χ2n) is 7.98. The van der Waals surface area contributed by atoms with Crippen molar-refractivity contribution in [3.63, 3.8) is 0 Å². The maximum absolute atomic E-state index is 12.6. The lowest BCUT2D eigenvalue weighted by Gasteiger charge is -2.41. The highest BCUT2D eigenvalue weighted by molar-refractivity contribution is 5.79. The highest BCUT2D eigenvalue weighted by atomic mass is 16.3. The average molecular weight is 370 g/mol. The molecule has 6 heteroatoms. The van der Waals surface area contributed by atoms with Gasteiger partial charge in [-0.1, -0.05) is 12.1 Å². The molecule has 1 atom stereocenters. The standard InChI is InChI=1S/C21H30N4O2/c1-24-13-9-17(10-14-24)25-12-4-5-16(15-25)21(26)22-11-8-20-23-18-6-2-3-7-19(18)27-20/h2-3,6-7,16-17H,4-5,8-15H2,1H3,(H,22,26). The molecule has 2 aliphatic rings. The predicted molar refractivity (Wildman–Crippen MR) is 106 cm³/mol. The van der Waals surface area contributed by atoms with Crippen molar-refractivity contribution in [3.8, 4) is 0 Å². The summed E-state index contributed by atoms with van der Waals surface area (Å²) in [5.41, 5.74) is 1.68. The Balaban J connectivity index is 1.25. The Labute approximate surface area is 160 Å². The van der Waals surface area contributed by atoms with Crippen molar-refractivity contribution in [2.24, 2.45) is 5.92 Å². The van der Waals surface area contributed by atoms with Crippen LogP contribution in [0.1, 0.15) is 31.6 Å². The number of rotatable bonds is 5. The number of para-hydroxylation sites is 2. The second-order valence-corrected chi connectivity index (χ2v) is 7.98. The van der Waals surface area contributed by atoms with Crippen LogP contribution < -0.4 is 5.32 Å². The third-order valence-corrected chi connectivity index (χ3v) is 6.00. The molecule has 0 saturated carbocycles. The monoisotopic (exact) mass is 370 g/mol. The number of carbonyl (C=O) groups excluding carboxylic acids is 1. The van der Waals surface area contributed by atoms with Gasteiger partial charge in [-0.2, -0.15) is 0 Å². The molecule has 1 amide bonds. The average Bonchev–Trinajstić information content (AvgIpc) is 3.11. The van der Waals surface area contributed by atoms with Crippen LogP contribution in [0.3, 0.4) is 0 Å². The van der Waals surface area contributed by atoms with E-state index in [-0.39, 0.29) is 11.8 Å². The summed E-state index contributed by atoms with van der Waals surface area (Å²) in [5.74, 6) is 0.985. The zero-order valence-corrected chi connectivity index (χ0v) is 16.2. The van der Waals surface area contributed by atoms with Gasteiger partial charge in [0, 0.05) is 25.6 Å². The van der Waals surface area contributed by atoms with Crippen molar-refractivity contribution in [3.05, 3.63) is 30.2 Å². The maximum atomic E-state index is 12.6. The smallest absolute Gasteiger partial charge is 0.224 e. The van der Waals surface area contributed by atoms with Gasteiger partial charge in [-0.05, 0) is 64.5 Å². The maximum Gasteiger partial charge on any atom is 0.224 e. The molecule has 146 valence electrons. The summed E-state index contributed by atoms with van der Waals surface area (Å²) < 4.78 is 5.73. The zero-order valence-electron chi connectivity index (χ0n) is 16.2. The van der Waals surface area contributed by atoms with E-state index in [1.807, 2.05) is 24.3 Å². The SMILES string of the molecule is CN1CCC(N2CCCC(C(=O)NCCc3nc4ccccc4o3)C2)CC1. The largest absolute Gasteiger partial charge is 0.441 e. The number of oxazole rings is 1.